The molecule has 4 fully saturated rings. The maximum absolute atomic E-state index is 12.2. The lowest BCUT2D eigenvalue weighted by Crippen LogP contribution is -2.54. The molecule has 0 radical (unpaired) electrons. The number of nitrogens with one attached hydrogen (secondary N) is 1. The van der Waals surface area contributed by atoms with Crippen LogP contribution >= 0.6 is 0 Å². The fraction of sp³-hybridized carbons (Fsp3) is 0.833. The van der Waals surface area contributed by atoms with Crippen molar-refractivity contribution in [2.24, 2.45) is 28.9 Å². The lowest BCUT2D eigenvalue weighted by Gasteiger charge is -2.57. The van der Waals surface area contributed by atoms with E-state index in [1.165, 1.54) is 26.4 Å². The van der Waals surface area contributed by atoms with Gasteiger partial charge < -0.3 is 20.9 Å². The van der Waals surface area contributed by atoms with E-state index in [9.17, 15) is 14.4 Å². The zero-order chi connectivity index (χ0) is 18.2. The highest BCUT2D eigenvalue weighted by Crippen LogP contribution is 2.61. The van der Waals surface area contributed by atoms with E-state index in [1.54, 1.807) is 0 Å². The van der Waals surface area contributed by atoms with Gasteiger partial charge >= 0.3 is 11.9 Å². The van der Waals surface area contributed by atoms with Crippen LogP contribution in [0.3, 0.4) is 0 Å². The van der Waals surface area contributed by atoms with E-state index in [0.29, 0.717) is 6.42 Å². The Balaban J connectivity index is 1.68. The van der Waals surface area contributed by atoms with Gasteiger partial charge in [0.2, 0.25) is 5.91 Å². The molecule has 4 rings (SSSR count). The molecule has 0 aromatic carbocycles. The number of amides is 1. The first-order chi connectivity index (χ1) is 11.8. The van der Waals surface area contributed by atoms with Gasteiger partial charge in [-0.05, 0) is 68.1 Å². The number of esters is 1. The van der Waals surface area contributed by atoms with Gasteiger partial charge in [0.05, 0.1) is 19.6 Å². The third-order valence-corrected chi connectivity index (χ3v) is 6.34. The summed E-state index contributed by atoms with van der Waals surface area (Å²) >= 11 is 0. The molecule has 7 nitrogen and oxygen atoms in total. The fourth-order valence-corrected chi connectivity index (χ4v) is 5.87. The highest BCUT2D eigenvalue weighted by atomic mass is 16.5. The Bertz CT molecular complexity index is 526. The molecule has 0 spiro atoms. The number of nitrogens with two attached hydrogens (primary N) is 1. The van der Waals surface area contributed by atoms with Crippen molar-refractivity contribution in [1.29, 1.82) is 0 Å². The number of ether oxygens (including phenoxy) is 1. The minimum Gasteiger partial charge on any atom is -0.481 e. The summed E-state index contributed by atoms with van der Waals surface area (Å²) in [6, 6.07) is -1.92. The van der Waals surface area contributed by atoms with Crippen LogP contribution in [0.5, 0.6) is 0 Å². The minimum atomic E-state index is -1.17. The van der Waals surface area contributed by atoms with Gasteiger partial charge in [0.1, 0.15) is 6.04 Å². The summed E-state index contributed by atoms with van der Waals surface area (Å²) in [6.45, 7) is 0. The smallest absolute Gasteiger partial charge is 0.328 e. The van der Waals surface area contributed by atoms with E-state index in [2.05, 4.69) is 5.32 Å². The molecule has 0 unspecified atom stereocenters. The van der Waals surface area contributed by atoms with Gasteiger partial charge in [-0.25, -0.2) is 4.79 Å². The van der Waals surface area contributed by atoms with Crippen LogP contribution in [-0.4, -0.2) is 42.1 Å². The predicted octanol–water partition coefficient (Wildman–Crippen LogP) is 1.05. The molecule has 4 aliphatic rings. The molecule has 4 aliphatic carbocycles. The number of hydrogen-bond acceptors (Lipinski definition) is 5. The van der Waals surface area contributed by atoms with Gasteiger partial charge in [-0.1, -0.05) is 0 Å². The lowest BCUT2D eigenvalue weighted by atomic mass is 9.48. The molecule has 0 saturated heterocycles. The van der Waals surface area contributed by atoms with E-state index >= 15 is 0 Å². The first-order valence-electron chi connectivity index (χ1n) is 9.16. The van der Waals surface area contributed by atoms with Crippen LogP contribution in [0.15, 0.2) is 0 Å². The summed E-state index contributed by atoms with van der Waals surface area (Å²) < 4.78 is 4.88. The second-order valence-electron chi connectivity index (χ2n) is 8.41. The molecule has 140 valence electrons. The molecule has 1 amide bonds. The molecule has 0 aromatic rings. The number of carbonyl (C=O) groups excluding carboxylic acids is 2. The summed E-state index contributed by atoms with van der Waals surface area (Å²) in [6.07, 6.45) is 7.36. The number of aliphatic carboxylic acids is 1. The Kier molecular flexibility index (Phi) is 5.04. The number of carboxylic acid groups (broad SMARTS) is 1. The van der Waals surface area contributed by atoms with Crippen molar-refractivity contribution >= 4 is 17.8 Å². The number of carbonyl (C=O) groups is 3. The third-order valence-electron chi connectivity index (χ3n) is 6.34. The summed E-state index contributed by atoms with van der Waals surface area (Å²) in [5.74, 6) is 0.00560. The van der Waals surface area contributed by atoms with Crippen LogP contribution in [0.2, 0.25) is 0 Å². The van der Waals surface area contributed by atoms with Crippen molar-refractivity contribution in [2.45, 2.75) is 63.5 Å². The van der Waals surface area contributed by atoms with E-state index < -0.39 is 36.4 Å². The second-order valence-corrected chi connectivity index (χ2v) is 8.41. The van der Waals surface area contributed by atoms with Crippen LogP contribution in [-0.2, 0) is 19.1 Å². The van der Waals surface area contributed by atoms with Crippen molar-refractivity contribution in [3.8, 4) is 0 Å². The van der Waals surface area contributed by atoms with Crippen LogP contribution in [0.4, 0.5) is 0 Å². The van der Waals surface area contributed by atoms with Crippen molar-refractivity contribution in [3.63, 3.8) is 0 Å². The van der Waals surface area contributed by atoms with Gasteiger partial charge in [-0.15, -0.1) is 0 Å². The largest absolute Gasteiger partial charge is 0.481 e. The number of carboxylic acids is 1. The summed E-state index contributed by atoms with van der Waals surface area (Å²) in [5, 5.41) is 11.4. The first-order valence-corrected chi connectivity index (χ1v) is 9.16. The first kappa shape index (κ1) is 18.2. The van der Waals surface area contributed by atoms with Crippen LogP contribution in [0.1, 0.15) is 51.4 Å². The predicted molar refractivity (Wildman–Crippen MR) is 89.4 cm³/mol. The van der Waals surface area contributed by atoms with Crippen LogP contribution in [0.25, 0.3) is 0 Å². The molecule has 0 heterocycles. The quantitative estimate of drug-likeness (QED) is 0.589. The van der Waals surface area contributed by atoms with Crippen LogP contribution in [0, 0.1) is 23.2 Å². The average molecular weight is 352 g/mol. The van der Waals surface area contributed by atoms with Crippen LogP contribution < -0.4 is 11.1 Å². The Morgan fingerprint density at radius 3 is 2.12 bits per heavy atom. The average Bonchev–Trinajstić information content (AvgIpc) is 2.51. The zero-order valence-electron chi connectivity index (χ0n) is 14.7. The molecule has 0 aliphatic heterocycles. The van der Waals surface area contributed by atoms with Crippen molar-refractivity contribution in [1.82, 2.24) is 5.32 Å². The fourth-order valence-electron chi connectivity index (χ4n) is 5.87. The van der Waals surface area contributed by atoms with Crippen molar-refractivity contribution in [3.05, 3.63) is 0 Å². The number of hydrogen-bond donors (Lipinski definition) is 3. The Morgan fingerprint density at radius 2 is 1.68 bits per heavy atom. The van der Waals surface area contributed by atoms with Gasteiger partial charge in [-0.3, -0.25) is 9.59 Å². The molecule has 0 aromatic heterocycles. The monoisotopic (exact) mass is 352 g/mol. The van der Waals surface area contributed by atoms with E-state index in [-0.39, 0.29) is 5.41 Å². The highest BCUT2D eigenvalue weighted by Gasteiger charge is 2.52. The van der Waals surface area contributed by atoms with Crippen molar-refractivity contribution < 1.29 is 24.2 Å². The maximum Gasteiger partial charge on any atom is 0.328 e. The molecule has 7 heteroatoms. The third kappa shape index (κ3) is 3.97. The van der Waals surface area contributed by atoms with E-state index in [1.807, 2.05) is 0 Å². The standard InChI is InChI=1S/C18H28N2O5/c1-25-17(24)14(20-16(23)13(19)5-15(21)22)9-18-6-10-2-11(7-18)4-12(3-10)8-18/h10-14H,2-9,19H2,1H3,(H,20,23)(H,21,22)/t10?,11?,12?,13-,14+,18?/m1/s1. The molecule has 25 heavy (non-hydrogen) atoms. The highest BCUT2D eigenvalue weighted by molar-refractivity contribution is 5.89. The topological polar surface area (TPSA) is 119 Å². The molecule has 2 atom stereocenters. The molecule has 4 N–H and O–H groups in total. The Morgan fingerprint density at radius 1 is 1.16 bits per heavy atom. The molecular formula is C18H28N2O5. The molecule has 4 bridgehead atoms. The van der Waals surface area contributed by atoms with E-state index in [0.717, 1.165) is 37.0 Å². The van der Waals surface area contributed by atoms with Gasteiger partial charge in [0.25, 0.3) is 0 Å². The second kappa shape index (κ2) is 6.94. The Hall–Kier alpha value is -1.63. The van der Waals surface area contributed by atoms with Crippen molar-refractivity contribution in [2.75, 3.05) is 7.11 Å². The minimum absolute atomic E-state index is 0.0950. The summed E-state index contributed by atoms with van der Waals surface area (Å²) in [7, 11) is 1.30. The SMILES string of the molecule is COC(=O)[C@H](CC12CC3CC(CC(C3)C1)C2)NC(=O)[C@H](N)CC(=O)O. The van der Waals surface area contributed by atoms with E-state index in [4.69, 9.17) is 15.6 Å². The number of rotatable bonds is 7. The van der Waals surface area contributed by atoms with Gasteiger partial charge in [-0.2, -0.15) is 0 Å². The molecule has 4 saturated carbocycles. The van der Waals surface area contributed by atoms with Gasteiger partial charge in [0.15, 0.2) is 0 Å². The Labute approximate surface area is 147 Å². The number of methoxy groups -OCH3 is 1. The summed E-state index contributed by atoms with van der Waals surface area (Å²) in [5.41, 5.74) is 5.72. The lowest BCUT2D eigenvalue weighted by molar-refractivity contribution is -0.148. The zero-order valence-corrected chi connectivity index (χ0v) is 14.7. The molecular weight excluding hydrogens is 324 g/mol. The maximum atomic E-state index is 12.2. The van der Waals surface area contributed by atoms with Gasteiger partial charge in [0, 0.05) is 0 Å². The summed E-state index contributed by atoms with van der Waals surface area (Å²) in [4.78, 5) is 35.1. The normalized spacial score (nSPS) is 35.0.